The van der Waals surface area contributed by atoms with Gasteiger partial charge < -0.3 is 5.73 Å². The van der Waals surface area contributed by atoms with Gasteiger partial charge in [0.25, 0.3) is 0 Å². The van der Waals surface area contributed by atoms with Crippen molar-refractivity contribution in [3.63, 3.8) is 0 Å². The first kappa shape index (κ1) is 8.57. The monoisotopic (exact) mass is 169 g/mol. The molecular formula is C9H12ClN. The highest BCUT2D eigenvalue weighted by Gasteiger charge is 1.94. The highest BCUT2D eigenvalue weighted by molar-refractivity contribution is 6.31. The lowest BCUT2D eigenvalue weighted by molar-refractivity contribution is 0.968. The number of hydrogen-bond acceptors (Lipinski definition) is 1. The summed E-state index contributed by atoms with van der Waals surface area (Å²) in [5.41, 5.74) is 6.70. The van der Waals surface area contributed by atoms with Gasteiger partial charge in [-0.3, -0.25) is 0 Å². The topological polar surface area (TPSA) is 26.0 Å². The molecule has 2 heteroatoms. The van der Waals surface area contributed by atoms with Gasteiger partial charge in [-0.15, -0.1) is 0 Å². The van der Waals surface area contributed by atoms with Crippen molar-refractivity contribution in [1.29, 1.82) is 0 Å². The third-order valence-electron chi connectivity index (χ3n) is 1.58. The molecule has 0 heterocycles. The van der Waals surface area contributed by atoms with Crippen molar-refractivity contribution in [1.82, 2.24) is 0 Å². The molecule has 2 N–H and O–H groups in total. The summed E-state index contributed by atoms with van der Waals surface area (Å²) in [7, 11) is 0. The molecule has 0 aromatic carbocycles. The van der Waals surface area contributed by atoms with E-state index in [1.807, 2.05) is 18.2 Å². The van der Waals surface area contributed by atoms with Gasteiger partial charge in [0.05, 0.1) is 0 Å². The maximum absolute atomic E-state index is 5.80. The molecule has 0 saturated carbocycles. The second-order valence-corrected chi connectivity index (χ2v) is 2.91. The van der Waals surface area contributed by atoms with Crippen LogP contribution in [0.3, 0.4) is 0 Å². The second-order valence-electron chi connectivity index (χ2n) is 2.48. The van der Waals surface area contributed by atoms with Crippen molar-refractivity contribution >= 4 is 11.6 Å². The number of halogens is 1. The van der Waals surface area contributed by atoms with E-state index >= 15 is 0 Å². The molecule has 0 fully saturated rings. The van der Waals surface area contributed by atoms with Gasteiger partial charge in [0.1, 0.15) is 0 Å². The fourth-order valence-electron chi connectivity index (χ4n) is 0.998. The van der Waals surface area contributed by atoms with Crippen LogP contribution in [0.25, 0.3) is 0 Å². The molecule has 1 nitrogen and oxygen atoms in total. The SMILES string of the molecule is NCCC1=CCC=C(Cl)C=C1. The number of rotatable bonds is 2. The molecule has 1 aliphatic rings. The molecule has 11 heavy (non-hydrogen) atoms. The van der Waals surface area contributed by atoms with Crippen LogP contribution in [0.5, 0.6) is 0 Å². The normalized spacial score (nSPS) is 17.3. The van der Waals surface area contributed by atoms with Crippen LogP contribution in [0.4, 0.5) is 0 Å². The quantitative estimate of drug-likeness (QED) is 0.675. The molecule has 1 aliphatic carbocycles. The molecule has 0 aromatic heterocycles. The van der Waals surface area contributed by atoms with Crippen molar-refractivity contribution in [2.75, 3.05) is 6.54 Å². The van der Waals surface area contributed by atoms with Crippen molar-refractivity contribution in [2.45, 2.75) is 12.8 Å². The summed E-state index contributed by atoms with van der Waals surface area (Å²) in [5, 5.41) is 0.813. The van der Waals surface area contributed by atoms with Crippen LogP contribution >= 0.6 is 11.6 Å². The molecule has 60 valence electrons. The minimum Gasteiger partial charge on any atom is -0.330 e. The smallest absolute Gasteiger partial charge is 0.0369 e. The minimum atomic E-state index is 0.702. The van der Waals surface area contributed by atoms with E-state index in [2.05, 4.69) is 6.08 Å². The second kappa shape index (κ2) is 4.37. The largest absolute Gasteiger partial charge is 0.330 e. The maximum Gasteiger partial charge on any atom is 0.0369 e. The molecule has 1 rings (SSSR count). The van der Waals surface area contributed by atoms with Gasteiger partial charge in [-0.05, 0) is 25.5 Å². The van der Waals surface area contributed by atoms with E-state index in [0.29, 0.717) is 6.54 Å². The van der Waals surface area contributed by atoms with Crippen LogP contribution in [-0.2, 0) is 0 Å². The van der Waals surface area contributed by atoms with E-state index in [-0.39, 0.29) is 0 Å². The molecule has 0 saturated heterocycles. The Morgan fingerprint density at radius 2 is 2.18 bits per heavy atom. The molecule has 0 aliphatic heterocycles. The molecule has 0 bridgehead atoms. The number of nitrogens with two attached hydrogens (primary N) is 1. The van der Waals surface area contributed by atoms with E-state index in [4.69, 9.17) is 17.3 Å². The van der Waals surface area contributed by atoms with Crippen molar-refractivity contribution in [2.24, 2.45) is 5.73 Å². The third kappa shape index (κ3) is 2.91. The molecule has 0 amide bonds. The van der Waals surface area contributed by atoms with Gasteiger partial charge in [-0.2, -0.15) is 0 Å². The van der Waals surface area contributed by atoms with E-state index in [0.717, 1.165) is 17.9 Å². The third-order valence-corrected chi connectivity index (χ3v) is 1.86. The van der Waals surface area contributed by atoms with E-state index in [1.54, 1.807) is 0 Å². The predicted octanol–water partition coefficient (Wildman–Crippen LogP) is 2.34. The lowest BCUT2D eigenvalue weighted by atomic mass is 10.1. The zero-order chi connectivity index (χ0) is 8.10. The highest BCUT2D eigenvalue weighted by Crippen LogP contribution is 2.14. The Morgan fingerprint density at radius 3 is 2.91 bits per heavy atom. The molecule has 0 spiro atoms. The zero-order valence-corrected chi connectivity index (χ0v) is 7.14. The molecular weight excluding hydrogens is 158 g/mol. The fraction of sp³-hybridized carbons (Fsp3) is 0.333. The maximum atomic E-state index is 5.80. The Bertz CT molecular complexity index is 214. The summed E-state index contributed by atoms with van der Waals surface area (Å²) in [6.07, 6.45) is 9.94. The lowest BCUT2D eigenvalue weighted by Crippen LogP contribution is -1.98. The van der Waals surface area contributed by atoms with E-state index < -0.39 is 0 Å². The van der Waals surface area contributed by atoms with Gasteiger partial charge >= 0.3 is 0 Å². The van der Waals surface area contributed by atoms with E-state index in [1.165, 1.54) is 5.57 Å². The summed E-state index contributed by atoms with van der Waals surface area (Å²) in [5.74, 6) is 0. The Hall–Kier alpha value is -0.530. The van der Waals surface area contributed by atoms with Crippen molar-refractivity contribution < 1.29 is 0 Å². The Labute approximate surface area is 72.2 Å². The average Bonchev–Trinajstić information content (AvgIpc) is 2.17. The molecule has 0 radical (unpaired) electrons. The summed E-state index contributed by atoms with van der Waals surface area (Å²) >= 11 is 5.80. The Morgan fingerprint density at radius 1 is 1.36 bits per heavy atom. The first-order chi connectivity index (χ1) is 5.33. The Kier molecular flexibility index (Phi) is 3.40. The predicted molar refractivity (Wildman–Crippen MR) is 49.4 cm³/mol. The van der Waals surface area contributed by atoms with Gasteiger partial charge in [0.15, 0.2) is 0 Å². The summed E-state index contributed by atoms with van der Waals surface area (Å²) in [6.45, 7) is 0.702. The summed E-state index contributed by atoms with van der Waals surface area (Å²) < 4.78 is 0. The molecule has 0 aromatic rings. The van der Waals surface area contributed by atoms with Crippen LogP contribution in [-0.4, -0.2) is 6.54 Å². The molecule has 0 atom stereocenters. The van der Waals surface area contributed by atoms with Gasteiger partial charge in [0.2, 0.25) is 0 Å². The lowest BCUT2D eigenvalue weighted by Gasteiger charge is -1.95. The first-order valence-corrected chi connectivity index (χ1v) is 4.13. The summed E-state index contributed by atoms with van der Waals surface area (Å²) in [6, 6.07) is 0. The standard InChI is InChI=1S/C9H12ClN/c10-9-3-1-2-8(4-5-9)6-7-11/h2-5H,1,6-7,11H2. The van der Waals surface area contributed by atoms with Gasteiger partial charge in [0, 0.05) is 5.03 Å². The fourth-order valence-corrected chi connectivity index (χ4v) is 1.15. The number of hydrogen-bond donors (Lipinski definition) is 1. The van der Waals surface area contributed by atoms with Crippen LogP contribution in [0.15, 0.2) is 34.9 Å². The van der Waals surface area contributed by atoms with E-state index in [9.17, 15) is 0 Å². The van der Waals surface area contributed by atoms with Gasteiger partial charge in [-0.1, -0.05) is 35.4 Å². The average molecular weight is 170 g/mol. The Balaban J connectivity index is 2.58. The van der Waals surface area contributed by atoms with Crippen molar-refractivity contribution in [3.05, 3.63) is 34.9 Å². The van der Waals surface area contributed by atoms with Crippen LogP contribution in [0.2, 0.25) is 0 Å². The minimum absolute atomic E-state index is 0.702. The van der Waals surface area contributed by atoms with Crippen LogP contribution in [0.1, 0.15) is 12.8 Å². The summed E-state index contributed by atoms with van der Waals surface area (Å²) in [4.78, 5) is 0. The van der Waals surface area contributed by atoms with Gasteiger partial charge in [-0.25, -0.2) is 0 Å². The van der Waals surface area contributed by atoms with Crippen LogP contribution in [0, 0.1) is 0 Å². The zero-order valence-electron chi connectivity index (χ0n) is 6.39. The van der Waals surface area contributed by atoms with Crippen molar-refractivity contribution in [3.8, 4) is 0 Å². The first-order valence-electron chi connectivity index (χ1n) is 3.76. The highest BCUT2D eigenvalue weighted by atomic mass is 35.5. The van der Waals surface area contributed by atoms with Crippen LogP contribution < -0.4 is 5.73 Å². The molecule has 0 unspecified atom stereocenters. The number of allylic oxidation sites excluding steroid dienone is 5.